The summed E-state index contributed by atoms with van der Waals surface area (Å²) in [7, 11) is 0. The van der Waals surface area contributed by atoms with E-state index in [1.54, 1.807) is 0 Å². The van der Waals surface area contributed by atoms with Crippen LogP contribution in [0.25, 0.3) is 0 Å². The second-order valence-corrected chi connectivity index (χ2v) is 7.55. The van der Waals surface area contributed by atoms with E-state index in [9.17, 15) is 0 Å². The molecule has 0 saturated carbocycles. The Labute approximate surface area is 122 Å². The van der Waals surface area contributed by atoms with E-state index in [2.05, 4.69) is 76.4 Å². The Hall–Kier alpha value is -1.02. The Morgan fingerprint density at radius 1 is 1.00 bits per heavy atom. The summed E-state index contributed by atoms with van der Waals surface area (Å²) in [6, 6.07) is 13.2. The lowest BCUT2D eigenvalue weighted by molar-refractivity contribution is 0.749. The van der Waals surface area contributed by atoms with Crippen LogP contribution in [-0.2, 0) is 0 Å². The van der Waals surface area contributed by atoms with Gasteiger partial charge in [-0.1, -0.05) is 87.3 Å². The molecule has 0 bridgehead atoms. The molecule has 100 valence electrons. The van der Waals surface area contributed by atoms with Crippen molar-refractivity contribution < 1.29 is 0 Å². The highest BCUT2D eigenvalue weighted by Gasteiger charge is 2.34. The summed E-state index contributed by atoms with van der Waals surface area (Å²) < 4.78 is 0. The molecule has 0 aliphatic rings. The Balaban J connectivity index is 2.54. The standard InChI is InChI=1S/C17H23BS/c1-13(2)16-15(11-12-19-16)18(17(3,4)5)14-9-7-6-8-10-14/h6-13H,1-5H3. The van der Waals surface area contributed by atoms with Crippen LogP contribution in [0.4, 0.5) is 0 Å². The van der Waals surface area contributed by atoms with Crippen molar-refractivity contribution in [2.45, 2.75) is 45.9 Å². The molecular weight excluding hydrogens is 247 g/mol. The first-order valence-corrected chi connectivity index (χ1v) is 7.91. The molecule has 1 aromatic heterocycles. The molecule has 0 radical (unpaired) electrons. The Morgan fingerprint density at radius 3 is 2.16 bits per heavy atom. The zero-order valence-corrected chi connectivity index (χ0v) is 13.4. The predicted octanol–water partition coefficient (Wildman–Crippen LogP) is 4.28. The van der Waals surface area contributed by atoms with Gasteiger partial charge in [0.05, 0.1) is 0 Å². The lowest BCUT2D eigenvalue weighted by Gasteiger charge is -2.29. The molecule has 0 spiro atoms. The van der Waals surface area contributed by atoms with Crippen LogP contribution in [0.15, 0.2) is 41.8 Å². The van der Waals surface area contributed by atoms with Gasteiger partial charge >= 0.3 is 0 Å². The molecule has 2 aromatic rings. The fourth-order valence-electron chi connectivity index (χ4n) is 2.83. The quantitative estimate of drug-likeness (QED) is 0.730. The summed E-state index contributed by atoms with van der Waals surface area (Å²) in [5.74, 6) is 0.601. The smallest absolute Gasteiger partial charge is 0.149 e. The Kier molecular flexibility index (Phi) is 4.20. The molecule has 0 aliphatic heterocycles. The minimum Gasteiger partial charge on any atom is -0.149 e. The van der Waals surface area contributed by atoms with Gasteiger partial charge in [0.2, 0.25) is 6.71 Å². The molecular formula is C17H23BS. The van der Waals surface area contributed by atoms with E-state index in [4.69, 9.17) is 0 Å². The highest BCUT2D eigenvalue weighted by Crippen LogP contribution is 2.30. The molecule has 0 atom stereocenters. The second kappa shape index (κ2) is 5.54. The maximum absolute atomic E-state index is 2.34. The van der Waals surface area contributed by atoms with Gasteiger partial charge in [-0.15, -0.1) is 11.3 Å². The molecule has 0 nitrogen and oxygen atoms in total. The highest BCUT2D eigenvalue weighted by molar-refractivity contribution is 7.12. The maximum Gasteiger partial charge on any atom is 0.216 e. The van der Waals surface area contributed by atoms with E-state index in [1.165, 1.54) is 15.8 Å². The molecule has 0 amide bonds. The average Bonchev–Trinajstić information content (AvgIpc) is 2.77. The molecule has 0 fully saturated rings. The van der Waals surface area contributed by atoms with Crippen molar-refractivity contribution in [1.82, 2.24) is 0 Å². The molecule has 19 heavy (non-hydrogen) atoms. The van der Waals surface area contributed by atoms with E-state index in [1.807, 2.05) is 11.3 Å². The predicted molar refractivity (Wildman–Crippen MR) is 89.6 cm³/mol. The van der Waals surface area contributed by atoms with Crippen molar-refractivity contribution in [2.75, 3.05) is 0 Å². The van der Waals surface area contributed by atoms with E-state index in [0.717, 1.165) is 0 Å². The van der Waals surface area contributed by atoms with Crippen LogP contribution in [0, 0.1) is 0 Å². The number of benzene rings is 1. The van der Waals surface area contributed by atoms with Gasteiger partial charge < -0.3 is 0 Å². The van der Waals surface area contributed by atoms with Crippen LogP contribution in [0.1, 0.15) is 45.4 Å². The summed E-state index contributed by atoms with van der Waals surface area (Å²) in [6.07, 6.45) is 0. The van der Waals surface area contributed by atoms with E-state index < -0.39 is 0 Å². The molecule has 1 heterocycles. The zero-order chi connectivity index (χ0) is 14.0. The van der Waals surface area contributed by atoms with Crippen LogP contribution in [0.5, 0.6) is 0 Å². The molecule has 2 rings (SSSR count). The summed E-state index contributed by atoms with van der Waals surface area (Å²) in [5.41, 5.74) is 2.94. The number of thiophene rings is 1. The molecule has 0 aliphatic carbocycles. The molecule has 0 saturated heterocycles. The first-order valence-electron chi connectivity index (χ1n) is 7.03. The largest absolute Gasteiger partial charge is 0.216 e. The van der Waals surface area contributed by atoms with Crippen molar-refractivity contribution in [2.24, 2.45) is 0 Å². The third-order valence-corrected chi connectivity index (χ3v) is 4.79. The van der Waals surface area contributed by atoms with Crippen molar-refractivity contribution in [1.29, 1.82) is 0 Å². The minimum absolute atomic E-state index is 0.228. The third kappa shape index (κ3) is 3.12. The van der Waals surface area contributed by atoms with Crippen molar-refractivity contribution in [3.05, 3.63) is 46.7 Å². The maximum atomic E-state index is 2.34. The van der Waals surface area contributed by atoms with Gasteiger partial charge in [-0.25, -0.2) is 0 Å². The fraction of sp³-hybridized carbons (Fsp3) is 0.412. The Bertz CT molecular complexity index is 520. The summed E-state index contributed by atoms with van der Waals surface area (Å²) >= 11 is 1.90. The van der Waals surface area contributed by atoms with Crippen molar-refractivity contribution >= 4 is 29.0 Å². The van der Waals surface area contributed by atoms with Gasteiger partial charge in [0, 0.05) is 4.88 Å². The van der Waals surface area contributed by atoms with Crippen LogP contribution in [-0.4, -0.2) is 6.71 Å². The van der Waals surface area contributed by atoms with Crippen LogP contribution in [0.3, 0.4) is 0 Å². The van der Waals surface area contributed by atoms with Crippen molar-refractivity contribution in [3.8, 4) is 0 Å². The lowest BCUT2D eigenvalue weighted by Crippen LogP contribution is -2.49. The third-order valence-electron chi connectivity index (χ3n) is 3.56. The zero-order valence-electron chi connectivity index (χ0n) is 12.6. The van der Waals surface area contributed by atoms with Gasteiger partial charge in [-0.2, -0.15) is 0 Å². The topological polar surface area (TPSA) is 0 Å². The average molecular weight is 270 g/mol. The number of hydrogen-bond donors (Lipinski definition) is 0. The Morgan fingerprint density at radius 2 is 1.63 bits per heavy atom. The van der Waals surface area contributed by atoms with E-state index >= 15 is 0 Å². The minimum atomic E-state index is 0.228. The molecule has 0 N–H and O–H groups in total. The van der Waals surface area contributed by atoms with Gasteiger partial charge in [0.15, 0.2) is 0 Å². The van der Waals surface area contributed by atoms with Gasteiger partial charge in [-0.3, -0.25) is 0 Å². The second-order valence-electron chi connectivity index (χ2n) is 6.60. The van der Waals surface area contributed by atoms with Crippen molar-refractivity contribution in [3.63, 3.8) is 0 Å². The molecule has 2 heteroatoms. The first kappa shape index (κ1) is 14.4. The molecule has 1 aromatic carbocycles. The van der Waals surface area contributed by atoms with E-state index in [0.29, 0.717) is 12.6 Å². The number of hydrogen-bond acceptors (Lipinski definition) is 1. The highest BCUT2D eigenvalue weighted by atomic mass is 32.1. The van der Waals surface area contributed by atoms with Gasteiger partial charge in [0.25, 0.3) is 0 Å². The summed E-state index contributed by atoms with van der Waals surface area (Å²) in [6.45, 7) is 12.1. The normalized spacial score (nSPS) is 11.9. The summed E-state index contributed by atoms with van der Waals surface area (Å²) in [4.78, 5) is 1.53. The van der Waals surface area contributed by atoms with Crippen LogP contribution >= 0.6 is 11.3 Å². The fourth-order valence-corrected chi connectivity index (χ4v) is 3.79. The molecule has 0 unspecified atom stereocenters. The van der Waals surface area contributed by atoms with Crippen LogP contribution in [0.2, 0.25) is 5.31 Å². The van der Waals surface area contributed by atoms with E-state index in [-0.39, 0.29) is 5.31 Å². The van der Waals surface area contributed by atoms with Gasteiger partial charge in [-0.05, 0) is 11.3 Å². The first-order chi connectivity index (χ1) is 8.91. The van der Waals surface area contributed by atoms with Crippen LogP contribution < -0.4 is 10.9 Å². The number of rotatable bonds is 3. The lowest BCUT2D eigenvalue weighted by atomic mass is 9.28. The SMILES string of the molecule is CC(C)c1sccc1B(c1ccccc1)C(C)(C)C. The summed E-state index contributed by atoms with van der Waals surface area (Å²) in [5, 5.41) is 2.47. The monoisotopic (exact) mass is 270 g/mol. The van der Waals surface area contributed by atoms with Gasteiger partial charge in [0.1, 0.15) is 0 Å².